The second kappa shape index (κ2) is 5.74. The number of ether oxygens (including phenoxy) is 1. The lowest BCUT2D eigenvalue weighted by atomic mass is 10.0. The highest BCUT2D eigenvalue weighted by molar-refractivity contribution is 5.73. The molecule has 0 radical (unpaired) electrons. The van der Waals surface area contributed by atoms with E-state index in [0.29, 0.717) is 0 Å². The van der Waals surface area contributed by atoms with Crippen molar-refractivity contribution in [1.82, 2.24) is 0 Å². The topological polar surface area (TPSA) is 66.8 Å². The first kappa shape index (κ1) is 11.1. The van der Waals surface area contributed by atoms with Crippen molar-refractivity contribution in [2.75, 3.05) is 13.2 Å². The van der Waals surface area contributed by atoms with Crippen LogP contribution < -0.4 is 0 Å². The van der Waals surface area contributed by atoms with E-state index in [9.17, 15) is 4.79 Å². The van der Waals surface area contributed by atoms with Gasteiger partial charge in [0.15, 0.2) is 0 Å². The third-order valence-electron chi connectivity index (χ3n) is 1.44. The van der Waals surface area contributed by atoms with E-state index < -0.39 is 24.6 Å². The van der Waals surface area contributed by atoms with Crippen LogP contribution in [0.1, 0.15) is 6.92 Å². The molecule has 0 saturated heterocycles. The van der Waals surface area contributed by atoms with Crippen molar-refractivity contribution in [1.29, 1.82) is 0 Å². The number of carbonyl (C=O) groups is 1. The fourth-order valence-corrected chi connectivity index (χ4v) is 0.736. The molecule has 2 unspecified atom stereocenters. The van der Waals surface area contributed by atoms with Gasteiger partial charge >= 0.3 is 5.97 Å². The Morgan fingerprint density at radius 1 is 1.75 bits per heavy atom. The van der Waals surface area contributed by atoms with Gasteiger partial charge in [-0.1, -0.05) is 6.08 Å². The molecular weight excluding hydrogens is 160 g/mol. The van der Waals surface area contributed by atoms with Crippen molar-refractivity contribution in [2.24, 2.45) is 5.92 Å². The zero-order valence-electron chi connectivity index (χ0n) is 7.06. The third-order valence-corrected chi connectivity index (χ3v) is 1.44. The fraction of sp³-hybridized carbons (Fsp3) is 0.625. The first-order valence-electron chi connectivity index (χ1n) is 3.75. The maximum absolute atomic E-state index is 11.0. The molecule has 0 bridgehead atoms. The summed E-state index contributed by atoms with van der Waals surface area (Å²) >= 11 is 0. The molecule has 4 nitrogen and oxygen atoms in total. The van der Waals surface area contributed by atoms with Crippen molar-refractivity contribution in [3.63, 3.8) is 0 Å². The Bertz CT molecular complexity index is 155. The Kier molecular flexibility index (Phi) is 5.32. The summed E-state index contributed by atoms with van der Waals surface area (Å²) in [6.45, 7) is 4.76. The van der Waals surface area contributed by atoms with Crippen molar-refractivity contribution < 1.29 is 19.7 Å². The number of aliphatic hydroxyl groups excluding tert-OH is 2. The second-order valence-electron chi connectivity index (χ2n) is 2.27. The van der Waals surface area contributed by atoms with Crippen molar-refractivity contribution in [2.45, 2.75) is 13.0 Å². The van der Waals surface area contributed by atoms with E-state index in [-0.39, 0.29) is 6.61 Å². The van der Waals surface area contributed by atoms with E-state index >= 15 is 0 Å². The summed E-state index contributed by atoms with van der Waals surface area (Å²) < 4.78 is 4.61. The first-order valence-corrected chi connectivity index (χ1v) is 3.75. The molecule has 0 aromatic heterocycles. The van der Waals surface area contributed by atoms with Crippen molar-refractivity contribution in [3.05, 3.63) is 12.7 Å². The predicted octanol–water partition coefficient (Wildman–Crippen LogP) is -0.295. The van der Waals surface area contributed by atoms with Gasteiger partial charge < -0.3 is 14.9 Å². The molecule has 0 aromatic rings. The standard InChI is InChI=1S/C8H14O4/c1-3-7(10)6(5-9)8(11)12-4-2/h3,6-7,9-10H,1,4-5H2,2H3. The largest absolute Gasteiger partial charge is 0.466 e. The fourth-order valence-electron chi connectivity index (χ4n) is 0.736. The highest BCUT2D eigenvalue weighted by atomic mass is 16.5. The second-order valence-corrected chi connectivity index (χ2v) is 2.27. The van der Waals surface area contributed by atoms with Crippen LogP contribution in [0.15, 0.2) is 12.7 Å². The quantitative estimate of drug-likeness (QED) is 0.444. The van der Waals surface area contributed by atoms with E-state index in [4.69, 9.17) is 10.2 Å². The van der Waals surface area contributed by atoms with Crippen LogP contribution in [0.5, 0.6) is 0 Å². The van der Waals surface area contributed by atoms with Gasteiger partial charge in [0.1, 0.15) is 5.92 Å². The monoisotopic (exact) mass is 174 g/mol. The Balaban J connectivity index is 4.13. The summed E-state index contributed by atoms with van der Waals surface area (Å²) in [6.07, 6.45) is 0.145. The summed E-state index contributed by atoms with van der Waals surface area (Å²) in [5.41, 5.74) is 0. The molecular formula is C8H14O4. The summed E-state index contributed by atoms with van der Waals surface area (Å²) in [4.78, 5) is 11.0. The third kappa shape index (κ3) is 3.02. The molecule has 0 aliphatic heterocycles. The Hall–Kier alpha value is -0.870. The molecule has 0 heterocycles. The van der Waals surface area contributed by atoms with Crippen LogP contribution in [0.2, 0.25) is 0 Å². The molecule has 0 fully saturated rings. The molecule has 0 saturated carbocycles. The van der Waals surface area contributed by atoms with Crippen LogP contribution in [0, 0.1) is 5.92 Å². The van der Waals surface area contributed by atoms with Crippen LogP contribution >= 0.6 is 0 Å². The molecule has 0 amide bonds. The summed E-state index contributed by atoms with van der Waals surface area (Å²) in [5, 5.41) is 17.9. The van der Waals surface area contributed by atoms with Crippen molar-refractivity contribution >= 4 is 5.97 Å². The van der Waals surface area contributed by atoms with Gasteiger partial charge in [0.05, 0.1) is 19.3 Å². The molecule has 2 N–H and O–H groups in total. The molecule has 12 heavy (non-hydrogen) atoms. The van der Waals surface area contributed by atoms with Crippen LogP contribution in [0.25, 0.3) is 0 Å². The van der Waals surface area contributed by atoms with E-state index in [1.165, 1.54) is 6.08 Å². The summed E-state index contributed by atoms with van der Waals surface area (Å²) in [7, 11) is 0. The minimum atomic E-state index is -1.05. The number of hydrogen-bond acceptors (Lipinski definition) is 4. The number of esters is 1. The molecule has 0 aliphatic carbocycles. The van der Waals surface area contributed by atoms with Gasteiger partial charge in [0.25, 0.3) is 0 Å². The molecule has 2 atom stereocenters. The summed E-state index contributed by atoms with van der Waals surface area (Å²) in [5.74, 6) is -1.52. The van der Waals surface area contributed by atoms with Crippen molar-refractivity contribution in [3.8, 4) is 0 Å². The molecule has 0 rings (SSSR count). The average molecular weight is 174 g/mol. The van der Waals surface area contributed by atoms with Crippen LogP contribution in [0.4, 0.5) is 0 Å². The SMILES string of the molecule is C=CC(O)C(CO)C(=O)OCC. The molecule has 0 aromatic carbocycles. The van der Waals surface area contributed by atoms with Gasteiger partial charge in [-0.25, -0.2) is 0 Å². The Morgan fingerprint density at radius 2 is 2.33 bits per heavy atom. The maximum Gasteiger partial charge on any atom is 0.314 e. The minimum absolute atomic E-state index is 0.235. The minimum Gasteiger partial charge on any atom is -0.466 e. The van der Waals surface area contributed by atoms with E-state index in [0.717, 1.165) is 0 Å². The van der Waals surface area contributed by atoms with Gasteiger partial charge in [0.2, 0.25) is 0 Å². The highest BCUT2D eigenvalue weighted by Crippen LogP contribution is 2.06. The normalized spacial score (nSPS) is 14.9. The summed E-state index contributed by atoms with van der Waals surface area (Å²) in [6, 6.07) is 0. The highest BCUT2D eigenvalue weighted by Gasteiger charge is 2.24. The lowest BCUT2D eigenvalue weighted by Gasteiger charge is -2.15. The first-order chi connectivity index (χ1) is 5.67. The number of carbonyl (C=O) groups excluding carboxylic acids is 1. The van der Waals surface area contributed by atoms with Gasteiger partial charge in [-0.2, -0.15) is 0 Å². The predicted molar refractivity (Wildman–Crippen MR) is 43.4 cm³/mol. The molecule has 70 valence electrons. The Morgan fingerprint density at radius 3 is 2.67 bits per heavy atom. The van der Waals surface area contributed by atoms with Crippen LogP contribution in [-0.2, 0) is 9.53 Å². The number of rotatable bonds is 5. The van der Waals surface area contributed by atoms with Gasteiger partial charge in [-0.3, -0.25) is 4.79 Å². The molecule has 0 spiro atoms. The van der Waals surface area contributed by atoms with E-state index in [2.05, 4.69) is 11.3 Å². The molecule has 4 heteroatoms. The Labute approximate surface area is 71.5 Å². The number of hydrogen-bond donors (Lipinski definition) is 2. The van der Waals surface area contributed by atoms with Gasteiger partial charge in [-0.15, -0.1) is 6.58 Å². The van der Waals surface area contributed by atoms with E-state index in [1.54, 1.807) is 6.92 Å². The zero-order chi connectivity index (χ0) is 9.56. The zero-order valence-corrected chi connectivity index (χ0v) is 7.06. The smallest absolute Gasteiger partial charge is 0.314 e. The van der Waals surface area contributed by atoms with Crippen LogP contribution in [0.3, 0.4) is 0 Å². The van der Waals surface area contributed by atoms with Crippen LogP contribution in [-0.4, -0.2) is 35.5 Å². The van der Waals surface area contributed by atoms with Gasteiger partial charge in [-0.05, 0) is 6.92 Å². The van der Waals surface area contributed by atoms with Gasteiger partial charge in [0, 0.05) is 0 Å². The average Bonchev–Trinajstić information content (AvgIpc) is 2.06. The lowest BCUT2D eigenvalue weighted by Crippen LogP contribution is -2.31. The number of aliphatic hydroxyl groups is 2. The molecule has 0 aliphatic rings. The maximum atomic E-state index is 11.0. The van der Waals surface area contributed by atoms with E-state index in [1.807, 2.05) is 0 Å². The lowest BCUT2D eigenvalue weighted by molar-refractivity contribution is -0.152.